The van der Waals surface area contributed by atoms with Gasteiger partial charge in [0.2, 0.25) is 0 Å². The Hall–Kier alpha value is -0.380. The molecule has 108 valence electrons. The molecule has 0 amide bonds. The van der Waals surface area contributed by atoms with Crippen LogP contribution < -0.4 is 5.32 Å². The first-order chi connectivity index (χ1) is 9.32. The van der Waals surface area contributed by atoms with Crippen molar-refractivity contribution in [1.82, 2.24) is 5.32 Å². The maximum absolute atomic E-state index is 6.33. The van der Waals surface area contributed by atoms with Gasteiger partial charge in [0.15, 0.2) is 0 Å². The molecular formula is C16H27NOS. The van der Waals surface area contributed by atoms with E-state index in [4.69, 9.17) is 4.74 Å². The van der Waals surface area contributed by atoms with Gasteiger partial charge in [0.05, 0.1) is 11.6 Å². The summed E-state index contributed by atoms with van der Waals surface area (Å²) in [6, 6.07) is 2.60. The van der Waals surface area contributed by atoms with Crippen LogP contribution in [0.3, 0.4) is 0 Å². The Morgan fingerprint density at radius 1 is 1.26 bits per heavy atom. The first kappa shape index (κ1) is 15.0. The predicted octanol–water partition coefficient (Wildman–Crippen LogP) is 4.53. The molecule has 0 aromatic carbocycles. The van der Waals surface area contributed by atoms with Gasteiger partial charge < -0.3 is 10.1 Å². The highest BCUT2D eigenvalue weighted by atomic mass is 32.1. The smallest absolute Gasteiger partial charge is 0.0876 e. The van der Waals surface area contributed by atoms with Gasteiger partial charge in [0.25, 0.3) is 0 Å². The summed E-state index contributed by atoms with van der Waals surface area (Å²) < 4.78 is 6.33. The molecule has 1 N–H and O–H groups in total. The first-order valence-electron chi connectivity index (χ1n) is 7.72. The van der Waals surface area contributed by atoms with Crippen LogP contribution in [-0.4, -0.2) is 18.8 Å². The number of ether oxygens (including phenoxy) is 1. The molecule has 2 nitrogen and oxygen atoms in total. The van der Waals surface area contributed by atoms with E-state index in [0.29, 0.717) is 6.04 Å². The van der Waals surface area contributed by atoms with Crippen molar-refractivity contribution in [3.8, 4) is 0 Å². The van der Waals surface area contributed by atoms with E-state index < -0.39 is 0 Å². The number of hydrogen-bond acceptors (Lipinski definition) is 3. The van der Waals surface area contributed by atoms with Gasteiger partial charge in [-0.15, -0.1) is 0 Å². The van der Waals surface area contributed by atoms with E-state index in [0.717, 1.165) is 13.2 Å². The fraction of sp³-hybridized carbons (Fsp3) is 0.750. The van der Waals surface area contributed by atoms with E-state index in [1.54, 1.807) is 11.3 Å². The molecule has 0 radical (unpaired) electrons. The minimum absolute atomic E-state index is 0.00231. The van der Waals surface area contributed by atoms with Gasteiger partial charge in [-0.3, -0.25) is 0 Å². The molecule has 1 aromatic rings. The van der Waals surface area contributed by atoms with E-state index >= 15 is 0 Å². The summed E-state index contributed by atoms with van der Waals surface area (Å²) >= 11 is 1.78. The second kappa shape index (κ2) is 7.41. The third-order valence-corrected chi connectivity index (χ3v) is 4.89. The zero-order valence-electron chi connectivity index (χ0n) is 12.3. The van der Waals surface area contributed by atoms with Gasteiger partial charge in [-0.2, -0.15) is 11.3 Å². The molecule has 19 heavy (non-hydrogen) atoms. The Kier molecular flexibility index (Phi) is 5.86. The van der Waals surface area contributed by atoms with Crippen molar-refractivity contribution in [3.05, 3.63) is 22.4 Å². The highest BCUT2D eigenvalue weighted by Gasteiger charge is 2.40. The van der Waals surface area contributed by atoms with Crippen LogP contribution in [0.2, 0.25) is 0 Å². The number of hydrogen-bond donors (Lipinski definition) is 1. The van der Waals surface area contributed by atoms with Crippen LogP contribution >= 0.6 is 11.3 Å². The summed E-state index contributed by atoms with van der Waals surface area (Å²) in [6.07, 6.45) is 7.69. The normalized spacial score (nSPS) is 20.9. The average molecular weight is 281 g/mol. The highest BCUT2D eigenvalue weighted by molar-refractivity contribution is 7.07. The van der Waals surface area contributed by atoms with Gasteiger partial charge in [-0.25, -0.2) is 0 Å². The fourth-order valence-corrected chi connectivity index (χ4v) is 4.07. The van der Waals surface area contributed by atoms with Crippen molar-refractivity contribution in [1.29, 1.82) is 0 Å². The van der Waals surface area contributed by atoms with Gasteiger partial charge in [-0.05, 0) is 48.7 Å². The largest absolute Gasteiger partial charge is 0.373 e. The molecule has 1 heterocycles. The van der Waals surface area contributed by atoms with E-state index in [-0.39, 0.29) is 5.60 Å². The lowest BCUT2D eigenvalue weighted by Crippen LogP contribution is -2.46. The fourth-order valence-electron chi connectivity index (χ4n) is 3.38. The summed E-state index contributed by atoms with van der Waals surface area (Å²) in [4.78, 5) is 0. The van der Waals surface area contributed by atoms with E-state index in [1.165, 1.54) is 44.1 Å². The van der Waals surface area contributed by atoms with Gasteiger partial charge in [0.1, 0.15) is 0 Å². The summed E-state index contributed by atoms with van der Waals surface area (Å²) in [5.41, 5.74) is 1.41. The quantitative estimate of drug-likeness (QED) is 0.774. The number of likely N-dealkylation sites (N-methyl/N-ethyl adjacent to an activating group) is 1. The zero-order valence-corrected chi connectivity index (χ0v) is 13.1. The maximum atomic E-state index is 6.33. The molecule has 1 aromatic heterocycles. The number of nitrogens with one attached hydrogen (secondary N) is 1. The summed E-state index contributed by atoms with van der Waals surface area (Å²) in [5, 5.41) is 8.14. The van der Waals surface area contributed by atoms with Crippen LogP contribution in [-0.2, 0) is 4.74 Å². The SMILES string of the molecule is CCNC(c1ccsc1)C1(OCC)CCCCCC1. The van der Waals surface area contributed by atoms with Crippen molar-refractivity contribution >= 4 is 11.3 Å². The Balaban J connectivity index is 2.26. The molecule has 1 aliphatic rings. The molecule has 0 bridgehead atoms. The third kappa shape index (κ3) is 3.59. The molecule has 1 unspecified atom stereocenters. The molecular weight excluding hydrogens is 254 g/mol. The number of thiophene rings is 1. The lowest BCUT2D eigenvalue weighted by Gasteiger charge is -2.40. The molecule has 1 aliphatic carbocycles. The van der Waals surface area contributed by atoms with Crippen molar-refractivity contribution in [3.63, 3.8) is 0 Å². The second-order valence-electron chi connectivity index (χ2n) is 5.46. The molecule has 3 heteroatoms. The van der Waals surface area contributed by atoms with Crippen LogP contribution in [0.25, 0.3) is 0 Å². The van der Waals surface area contributed by atoms with Gasteiger partial charge in [-0.1, -0.05) is 32.6 Å². The molecule has 2 rings (SSSR count). The van der Waals surface area contributed by atoms with Crippen LogP contribution in [0.15, 0.2) is 16.8 Å². The lowest BCUT2D eigenvalue weighted by atomic mass is 9.83. The molecule has 1 fully saturated rings. The molecule has 0 saturated heterocycles. The zero-order chi connectivity index (χ0) is 13.6. The molecule has 1 atom stereocenters. The molecule has 0 spiro atoms. The number of rotatable bonds is 6. The van der Waals surface area contributed by atoms with Crippen molar-refractivity contribution in [2.24, 2.45) is 0 Å². The Labute approximate surface area is 121 Å². The third-order valence-electron chi connectivity index (χ3n) is 4.19. The molecule has 0 aliphatic heterocycles. The molecule has 1 saturated carbocycles. The second-order valence-corrected chi connectivity index (χ2v) is 6.24. The van der Waals surface area contributed by atoms with E-state index in [2.05, 4.69) is 36.0 Å². The standard InChI is InChI=1S/C16H27NOS/c1-3-17-15(14-9-12-19-13-14)16(18-4-2)10-7-5-6-8-11-16/h9,12-13,15,17H,3-8,10-11H2,1-2H3. The Morgan fingerprint density at radius 3 is 2.53 bits per heavy atom. The van der Waals surface area contributed by atoms with E-state index in [9.17, 15) is 0 Å². The minimum Gasteiger partial charge on any atom is -0.373 e. The monoisotopic (exact) mass is 281 g/mol. The first-order valence-corrected chi connectivity index (χ1v) is 8.66. The van der Waals surface area contributed by atoms with E-state index in [1.807, 2.05) is 0 Å². The Bertz CT molecular complexity index is 342. The van der Waals surface area contributed by atoms with Crippen molar-refractivity contribution in [2.75, 3.05) is 13.2 Å². The summed E-state index contributed by atoms with van der Waals surface area (Å²) in [5.74, 6) is 0. The van der Waals surface area contributed by atoms with Crippen LogP contribution in [0.1, 0.15) is 64.0 Å². The lowest BCUT2D eigenvalue weighted by molar-refractivity contribution is -0.0778. The minimum atomic E-state index is 0.00231. The van der Waals surface area contributed by atoms with Gasteiger partial charge >= 0.3 is 0 Å². The topological polar surface area (TPSA) is 21.3 Å². The van der Waals surface area contributed by atoms with Crippen molar-refractivity contribution in [2.45, 2.75) is 64.0 Å². The summed E-state index contributed by atoms with van der Waals surface area (Å²) in [6.45, 7) is 6.13. The summed E-state index contributed by atoms with van der Waals surface area (Å²) in [7, 11) is 0. The van der Waals surface area contributed by atoms with Gasteiger partial charge in [0, 0.05) is 6.61 Å². The highest BCUT2D eigenvalue weighted by Crippen LogP contribution is 2.41. The van der Waals surface area contributed by atoms with Crippen LogP contribution in [0, 0.1) is 0 Å². The average Bonchev–Trinajstić information content (AvgIpc) is 2.83. The van der Waals surface area contributed by atoms with Crippen molar-refractivity contribution < 1.29 is 4.74 Å². The Morgan fingerprint density at radius 2 is 2.00 bits per heavy atom. The van der Waals surface area contributed by atoms with Crippen LogP contribution in [0.4, 0.5) is 0 Å². The van der Waals surface area contributed by atoms with Crippen LogP contribution in [0.5, 0.6) is 0 Å². The maximum Gasteiger partial charge on any atom is 0.0876 e. The predicted molar refractivity (Wildman–Crippen MR) is 82.8 cm³/mol.